The molecule has 0 aromatic heterocycles. The number of nitrogens with zero attached hydrogens (tertiary/aromatic N) is 1. The first-order valence-corrected chi connectivity index (χ1v) is 7.39. The van der Waals surface area contributed by atoms with Crippen LogP contribution in [-0.2, 0) is 4.79 Å². The summed E-state index contributed by atoms with van der Waals surface area (Å²) in [6.07, 6.45) is 1.54. The molecule has 6 nitrogen and oxygen atoms in total. The summed E-state index contributed by atoms with van der Waals surface area (Å²) in [5.74, 6) is -0.628. The van der Waals surface area contributed by atoms with Gasteiger partial charge in [-0.05, 0) is 37.1 Å². The molecule has 2 rings (SSSR count). The third-order valence-electron chi connectivity index (χ3n) is 3.62. The number of nitrogens with one attached hydrogen (secondary N) is 2. The van der Waals surface area contributed by atoms with Gasteiger partial charge in [0, 0.05) is 31.9 Å². The molecule has 0 radical (unpaired) electrons. The predicted octanol–water partition coefficient (Wildman–Crippen LogP) is 1.14. The normalized spacial score (nSPS) is 17.9. The molecule has 1 aromatic carbocycles. The van der Waals surface area contributed by atoms with Crippen molar-refractivity contribution in [1.29, 1.82) is 0 Å². The second-order valence-electron chi connectivity index (χ2n) is 5.30. The van der Waals surface area contributed by atoms with Crippen LogP contribution in [0.2, 0.25) is 0 Å². The van der Waals surface area contributed by atoms with Crippen LogP contribution in [0.4, 0.5) is 14.9 Å². The van der Waals surface area contributed by atoms with Crippen molar-refractivity contribution in [3.8, 4) is 0 Å². The molecule has 0 aliphatic carbocycles. The Morgan fingerprint density at radius 2 is 2.05 bits per heavy atom. The van der Waals surface area contributed by atoms with Gasteiger partial charge in [0.05, 0.1) is 5.92 Å². The van der Waals surface area contributed by atoms with Crippen molar-refractivity contribution in [2.24, 2.45) is 11.7 Å². The van der Waals surface area contributed by atoms with Gasteiger partial charge in [-0.15, -0.1) is 0 Å². The molecule has 0 saturated carbocycles. The second-order valence-corrected chi connectivity index (χ2v) is 5.30. The van der Waals surface area contributed by atoms with Crippen LogP contribution in [0, 0.1) is 11.7 Å². The van der Waals surface area contributed by atoms with Gasteiger partial charge in [0.1, 0.15) is 5.82 Å². The van der Waals surface area contributed by atoms with Crippen LogP contribution in [0.1, 0.15) is 12.8 Å². The Kier molecular flexibility index (Phi) is 5.71. The molecule has 1 aliphatic rings. The van der Waals surface area contributed by atoms with Crippen LogP contribution in [-0.4, -0.2) is 43.0 Å². The number of rotatable bonds is 4. The van der Waals surface area contributed by atoms with Crippen molar-refractivity contribution < 1.29 is 14.0 Å². The second kappa shape index (κ2) is 7.74. The van der Waals surface area contributed by atoms with Crippen molar-refractivity contribution in [3.63, 3.8) is 0 Å². The number of carbonyl (C=O) groups is 2. The van der Waals surface area contributed by atoms with E-state index in [-0.39, 0.29) is 23.7 Å². The molecule has 1 atom stereocenters. The van der Waals surface area contributed by atoms with Gasteiger partial charge in [-0.2, -0.15) is 0 Å². The molecule has 1 fully saturated rings. The Labute approximate surface area is 128 Å². The summed E-state index contributed by atoms with van der Waals surface area (Å²) in [7, 11) is 0. The van der Waals surface area contributed by atoms with E-state index in [1.54, 1.807) is 4.90 Å². The number of nitrogens with two attached hydrogens (primary N) is 1. The molecule has 1 unspecified atom stereocenters. The number of benzene rings is 1. The molecule has 0 bridgehead atoms. The van der Waals surface area contributed by atoms with Crippen LogP contribution >= 0.6 is 0 Å². The third kappa shape index (κ3) is 4.42. The minimum atomic E-state index is -0.354. The number of halogens is 1. The van der Waals surface area contributed by atoms with E-state index in [2.05, 4.69) is 10.6 Å². The van der Waals surface area contributed by atoms with Crippen molar-refractivity contribution in [3.05, 3.63) is 30.1 Å². The third-order valence-corrected chi connectivity index (χ3v) is 3.62. The highest BCUT2D eigenvalue weighted by Crippen LogP contribution is 2.18. The standard InChI is InChI=1S/C15H21FN4O2/c16-12-3-5-13(6-4-12)19-15(22)20-9-1-2-11(10-20)14(21)18-8-7-17/h3-6,11H,1-2,7-10,17H2,(H,18,21)(H,19,22). The number of amides is 3. The highest BCUT2D eigenvalue weighted by Gasteiger charge is 2.28. The summed E-state index contributed by atoms with van der Waals surface area (Å²) in [6.45, 7) is 1.82. The molecule has 1 saturated heterocycles. The molecule has 4 N–H and O–H groups in total. The first kappa shape index (κ1) is 16.2. The van der Waals surface area contributed by atoms with Gasteiger partial charge >= 0.3 is 6.03 Å². The number of carbonyl (C=O) groups excluding carboxylic acids is 2. The summed E-state index contributed by atoms with van der Waals surface area (Å²) in [6, 6.07) is 5.30. The minimum absolute atomic E-state index is 0.0651. The molecule has 1 heterocycles. The van der Waals surface area contributed by atoms with E-state index in [1.165, 1.54) is 24.3 Å². The van der Waals surface area contributed by atoms with E-state index in [4.69, 9.17) is 5.73 Å². The fourth-order valence-electron chi connectivity index (χ4n) is 2.45. The van der Waals surface area contributed by atoms with E-state index in [1.807, 2.05) is 0 Å². The van der Waals surface area contributed by atoms with E-state index in [0.29, 0.717) is 31.9 Å². The minimum Gasteiger partial charge on any atom is -0.355 e. The average Bonchev–Trinajstić information content (AvgIpc) is 2.54. The molecule has 1 aliphatic heterocycles. The number of hydrogen-bond acceptors (Lipinski definition) is 3. The molecule has 120 valence electrons. The maximum atomic E-state index is 12.8. The Morgan fingerprint density at radius 3 is 2.73 bits per heavy atom. The molecular weight excluding hydrogens is 287 g/mol. The number of likely N-dealkylation sites (tertiary alicyclic amines) is 1. The Hall–Kier alpha value is -2.15. The molecule has 0 spiro atoms. The molecular formula is C15H21FN4O2. The molecule has 7 heteroatoms. The Bertz CT molecular complexity index is 521. The quantitative estimate of drug-likeness (QED) is 0.779. The lowest BCUT2D eigenvalue weighted by molar-refractivity contribution is -0.126. The smallest absolute Gasteiger partial charge is 0.321 e. The van der Waals surface area contributed by atoms with E-state index >= 15 is 0 Å². The van der Waals surface area contributed by atoms with Gasteiger partial charge in [0.15, 0.2) is 0 Å². The first-order chi connectivity index (χ1) is 10.6. The zero-order valence-electron chi connectivity index (χ0n) is 12.3. The van der Waals surface area contributed by atoms with E-state index in [9.17, 15) is 14.0 Å². The lowest BCUT2D eigenvalue weighted by Gasteiger charge is -2.32. The summed E-state index contributed by atoms with van der Waals surface area (Å²) in [4.78, 5) is 25.8. The van der Waals surface area contributed by atoms with E-state index < -0.39 is 0 Å². The van der Waals surface area contributed by atoms with Crippen molar-refractivity contribution in [1.82, 2.24) is 10.2 Å². The van der Waals surface area contributed by atoms with Gasteiger partial charge in [0.25, 0.3) is 0 Å². The van der Waals surface area contributed by atoms with Crippen LogP contribution in [0.15, 0.2) is 24.3 Å². The van der Waals surface area contributed by atoms with Gasteiger partial charge in [0.2, 0.25) is 5.91 Å². The number of hydrogen-bond donors (Lipinski definition) is 3. The fraction of sp³-hybridized carbons (Fsp3) is 0.467. The first-order valence-electron chi connectivity index (χ1n) is 7.39. The zero-order chi connectivity index (χ0) is 15.9. The van der Waals surface area contributed by atoms with Gasteiger partial charge in [-0.25, -0.2) is 9.18 Å². The molecule has 3 amide bonds. The van der Waals surface area contributed by atoms with Crippen LogP contribution in [0.3, 0.4) is 0 Å². The highest BCUT2D eigenvalue weighted by molar-refractivity contribution is 5.90. The monoisotopic (exact) mass is 308 g/mol. The maximum Gasteiger partial charge on any atom is 0.321 e. The number of anilines is 1. The topological polar surface area (TPSA) is 87.5 Å². The molecule has 22 heavy (non-hydrogen) atoms. The summed E-state index contributed by atoms with van der Waals surface area (Å²) in [5.41, 5.74) is 5.89. The van der Waals surface area contributed by atoms with E-state index in [0.717, 1.165) is 12.8 Å². The molecule has 1 aromatic rings. The number of piperidine rings is 1. The van der Waals surface area contributed by atoms with Crippen LogP contribution in [0.5, 0.6) is 0 Å². The summed E-state index contributed by atoms with van der Waals surface area (Å²) in [5, 5.41) is 5.46. The predicted molar refractivity (Wildman–Crippen MR) is 81.8 cm³/mol. The summed E-state index contributed by atoms with van der Waals surface area (Å²) < 4.78 is 12.8. The van der Waals surface area contributed by atoms with Crippen molar-refractivity contribution in [2.75, 3.05) is 31.5 Å². The average molecular weight is 308 g/mol. The number of urea groups is 1. The Morgan fingerprint density at radius 1 is 1.32 bits per heavy atom. The maximum absolute atomic E-state index is 12.8. The largest absolute Gasteiger partial charge is 0.355 e. The zero-order valence-corrected chi connectivity index (χ0v) is 12.3. The van der Waals surface area contributed by atoms with Crippen LogP contribution < -0.4 is 16.4 Å². The van der Waals surface area contributed by atoms with Gasteiger partial charge < -0.3 is 21.3 Å². The van der Waals surface area contributed by atoms with Crippen molar-refractivity contribution >= 4 is 17.6 Å². The lowest BCUT2D eigenvalue weighted by atomic mass is 9.97. The van der Waals surface area contributed by atoms with Gasteiger partial charge in [-0.3, -0.25) is 4.79 Å². The summed E-state index contributed by atoms with van der Waals surface area (Å²) >= 11 is 0. The van der Waals surface area contributed by atoms with Gasteiger partial charge in [-0.1, -0.05) is 0 Å². The SMILES string of the molecule is NCCNC(=O)C1CCCN(C(=O)Nc2ccc(F)cc2)C1. The lowest BCUT2D eigenvalue weighted by Crippen LogP contribution is -2.47. The van der Waals surface area contributed by atoms with Crippen molar-refractivity contribution in [2.45, 2.75) is 12.8 Å². The van der Waals surface area contributed by atoms with Crippen LogP contribution in [0.25, 0.3) is 0 Å². The fourth-order valence-corrected chi connectivity index (χ4v) is 2.45. The highest BCUT2D eigenvalue weighted by atomic mass is 19.1. The Balaban J connectivity index is 1.89.